The maximum atomic E-state index is 9.55. The van der Waals surface area contributed by atoms with E-state index in [1.807, 2.05) is 12.1 Å². The number of ether oxygens (including phenoxy) is 1. The van der Waals surface area contributed by atoms with E-state index in [1.165, 1.54) is 38.8 Å². The summed E-state index contributed by atoms with van der Waals surface area (Å²) in [5.41, 5.74) is 0.367. The molecule has 1 saturated heterocycles. The Labute approximate surface area is 140 Å². The number of hydrogen-bond acceptors (Lipinski definition) is 5. The van der Waals surface area contributed by atoms with Gasteiger partial charge in [0.2, 0.25) is 0 Å². The Bertz CT molecular complexity index is 562. The summed E-state index contributed by atoms with van der Waals surface area (Å²) in [5, 5.41) is 15.6. The Morgan fingerprint density at radius 3 is 2.29 bits per heavy atom. The fraction of sp³-hybridized carbons (Fsp3) is 0.471. The molecule has 0 radical (unpaired) electrons. The Hall–Kier alpha value is -2.41. The van der Waals surface area contributed by atoms with E-state index in [0.29, 0.717) is 17.7 Å². The Balaban J connectivity index is 0.000000224. The smallest absolute Gasteiger partial charge is 0.328 e. The van der Waals surface area contributed by atoms with Crippen molar-refractivity contribution in [3.05, 3.63) is 36.7 Å². The first-order chi connectivity index (χ1) is 11.5. The highest BCUT2D eigenvalue weighted by atomic mass is 16.5. The average Bonchev–Trinajstić information content (AvgIpc) is 3.15. The topological polar surface area (TPSA) is 100.0 Å². The van der Waals surface area contributed by atoms with Gasteiger partial charge < -0.3 is 14.9 Å². The number of pyridine rings is 1. The molecule has 1 saturated carbocycles. The van der Waals surface area contributed by atoms with E-state index in [9.17, 15) is 9.59 Å². The van der Waals surface area contributed by atoms with Crippen LogP contribution in [0.1, 0.15) is 25.7 Å². The lowest BCUT2D eigenvalue weighted by Gasteiger charge is -2.27. The van der Waals surface area contributed by atoms with Crippen LogP contribution < -0.4 is 4.74 Å². The van der Waals surface area contributed by atoms with Gasteiger partial charge in [-0.3, -0.25) is 9.88 Å². The normalized spacial score (nSPS) is 18.7. The minimum atomic E-state index is -1.26. The van der Waals surface area contributed by atoms with Crippen molar-refractivity contribution < 1.29 is 24.5 Å². The van der Waals surface area contributed by atoms with Gasteiger partial charge in [-0.1, -0.05) is 0 Å². The summed E-state index contributed by atoms with van der Waals surface area (Å²) in [4.78, 5) is 25.8. The lowest BCUT2D eigenvalue weighted by atomic mass is 10.2. The molecule has 0 atom stereocenters. The first-order valence-corrected chi connectivity index (χ1v) is 7.94. The third kappa shape index (κ3) is 5.66. The van der Waals surface area contributed by atoms with Crippen molar-refractivity contribution in [3.8, 4) is 5.75 Å². The standard InChI is InChI=1S/C13H18N2O.C4H4O4/c1-2-9-15(8-1)13(5-6-13)11-16-12-4-3-7-14-10-12;5-3(6)1-2-4(7)8/h3-4,7,10H,1-2,5-6,8-9,11H2;1-2H,(H,5,6)(H,7,8)/b;2-1+. The van der Waals surface area contributed by atoms with Crippen molar-refractivity contribution >= 4 is 11.9 Å². The highest BCUT2D eigenvalue weighted by Gasteiger charge is 2.49. The predicted molar refractivity (Wildman–Crippen MR) is 86.9 cm³/mol. The van der Waals surface area contributed by atoms with Crippen LogP contribution in [-0.4, -0.2) is 57.3 Å². The maximum Gasteiger partial charge on any atom is 0.328 e. The number of hydrogen-bond donors (Lipinski definition) is 2. The molecule has 7 heteroatoms. The highest BCUT2D eigenvalue weighted by Crippen LogP contribution is 2.43. The number of carboxylic acids is 2. The van der Waals surface area contributed by atoms with Gasteiger partial charge in [0.15, 0.2) is 0 Å². The second-order valence-electron chi connectivity index (χ2n) is 5.91. The van der Waals surface area contributed by atoms with Gasteiger partial charge >= 0.3 is 11.9 Å². The van der Waals surface area contributed by atoms with Gasteiger partial charge in [-0.15, -0.1) is 0 Å². The van der Waals surface area contributed by atoms with Crippen LogP contribution in [0.5, 0.6) is 5.75 Å². The molecule has 2 fully saturated rings. The molecule has 130 valence electrons. The number of carboxylic acid groups (broad SMARTS) is 2. The summed E-state index contributed by atoms with van der Waals surface area (Å²) < 4.78 is 5.84. The molecule has 1 aromatic heterocycles. The molecule has 0 spiro atoms. The van der Waals surface area contributed by atoms with Crippen LogP contribution in [0.4, 0.5) is 0 Å². The van der Waals surface area contributed by atoms with Crippen LogP contribution in [-0.2, 0) is 9.59 Å². The fourth-order valence-electron chi connectivity index (χ4n) is 2.68. The van der Waals surface area contributed by atoms with Crippen molar-refractivity contribution in [3.63, 3.8) is 0 Å². The predicted octanol–water partition coefficient (Wildman–Crippen LogP) is 1.80. The number of rotatable bonds is 6. The number of aliphatic carboxylic acids is 2. The summed E-state index contributed by atoms with van der Waals surface area (Å²) >= 11 is 0. The molecule has 2 N–H and O–H groups in total. The zero-order chi connectivity index (χ0) is 17.4. The summed E-state index contributed by atoms with van der Waals surface area (Å²) in [6.45, 7) is 3.35. The van der Waals surface area contributed by atoms with Gasteiger partial charge in [-0.05, 0) is 50.9 Å². The molecule has 0 aromatic carbocycles. The fourth-order valence-corrected chi connectivity index (χ4v) is 2.68. The Morgan fingerprint density at radius 1 is 1.21 bits per heavy atom. The van der Waals surface area contributed by atoms with Gasteiger partial charge in [0, 0.05) is 18.3 Å². The minimum Gasteiger partial charge on any atom is -0.490 e. The first kappa shape index (κ1) is 17.9. The van der Waals surface area contributed by atoms with Crippen molar-refractivity contribution in [2.75, 3.05) is 19.7 Å². The van der Waals surface area contributed by atoms with E-state index in [4.69, 9.17) is 14.9 Å². The second kappa shape index (κ2) is 8.44. The molecule has 2 aliphatic rings. The van der Waals surface area contributed by atoms with Crippen molar-refractivity contribution in [1.29, 1.82) is 0 Å². The lowest BCUT2D eigenvalue weighted by molar-refractivity contribution is -0.134. The third-order valence-corrected chi connectivity index (χ3v) is 4.11. The Morgan fingerprint density at radius 2 is 1.83 bits per heavy atom. The molecule has 3 rings (SSSR count). The summed E-state index contributed by atoms with van der Waals surface area (Å²) in [6.07, 6.45) is 9.99. The maximum absolute atomic E-state index is 9.55. The van der Waals surface area contributed by atoms with Crippen molar-refractivity contribution in [1.82, 2.24) is 9.88 Å². The molecule has 0 unspecified atom stereocenters. The van der Waals surface area contributed by atoms with Crippen molar-refractivity contribution in [2.24, 2.45) is 0 Å². The molecule has 0 bridgehead atoms. The van der Waals surface area contributed by atoms with Gasteiger partial charge in [0.1, 0.15) is 12.4 Å². The summed E-state index contributed by atoms with van der Waals surface area (Å²) in [6, 6.07) is 3.90. The number of aromatic nitrogens is 1. The molecule has 7 nitrogen and oxygen atoms in total. The van der Waals surface area contributed by atoms with Crippen LogP contribution >= 0.6 is 0 Å². The zero-order valence-electron chi connectivity index (χ0n) is 13.4. The molecule has 0 amide bonds. The van der Waals surface area contributed by atoms with Gasteiger partial charge in [-0.25, -0.2) is 9.59 Å². The second-order valence-corrected chi connectivity index (χ2v) is 5.91. The van der Waals surface area contributed by atoms with Gasteiger partial charge in [0.05, 0.1) is 11.7 Å². The molecule has 24 heavy (non-hydrogen) atoms. The van der Waals surface area contributed by atoms with Crippen LogP contribution in [0.3, 0.4) is 0 Å². The Kier molecular flexibility index (Phi) is 6.31. The number of likely N-dealkylation sites (tertiary alicyclic amines) is 1. The first-order valence-electron chi connectivity index (χ1n) is 7.94. The third-order valence-electron chi connectivity index (χ3n) is 4.11. The van der Waals surface area contributed by atoms with Crippen LogP contribution in [0.2, 0.25) is 0 Å². The van der Waals surface area contributed by atoms with Crippen LogP contribution in [0, 0.1) is 0 Å². The summed E-state index contributed by atoms with van der Waals surface area (Å²) in [5.74, 6) is -1.62. The van der Waals surface area contributed by atoms with Crippen LogP contribution in [0.25, 0.3) is 0 Å². The quantitative estimate of drug-likeness (QED) is 0.765. The van der Waals surface area contributed by atoms with Gasteiger partial charge in [-0.2, -0.15) is 0 Å². The molecular weight excluding hydrogens is 312 g/mol. The van der Waals surface area contributed by atoms with E-state index in [2.05, 4.69) is 9.88 Å². The molecule has 1 aliphatic carbocycles. The van der Waals surface area contributed by atoms with Gasteiger partial charge in [0.25, 0.3) is 0 Å². The lowest BCUT2D eigenvalue weighted by Crippen LogP contribution is -2.39. The molecule has 1 aliphatic heterocycles. The minimum absolute atomic E-state index is 0.367. The molecule has 2 heterocycles. The number of carbonyl (C=O) groups is 2. The van der Waals surface area contributed by atoms with E-state index in [0.717, 1.165) is 12.4 Å². The van der Waals surface area contributed by atoms with E-state index in [-0.39, 0.29) is 0 Å². The SMILES string of the molecule is O=C(O)/C=C/C(=O)O.c1cncc(OCC2(N3CCCC3)CC2)c1. The van der Waals surface area contributed by atoms with Crippen LogP contribution in [0.15, 0.2) is 36.7 Å². The monoisotopic (exact) mass is 334 g/mol. The highest BCUT2D eigenvalue weighted by molar-refractivity contribution is 5.89. The summed E-state index contributed by atoms with van der Waals surface area (Å²) in [7, 11) is 0. The molecular formula is C17H22N2O5. The van der Waals surface area contributed by atoms with E-state index in [1.54, 1.807) is 12.4 Å². The zero-order valence-corrected chi connectivity index (χ0v) is 13.4. The molecule has 1 aromatic rings. The van der Waals surface area contributed by atoms with E-state index >= 15 is 0 Å². The largest absolute Gasteiger partial charge is 0.490 e. The number of nitrogens with zero attached hydrogens (tertiary/aromatic N) is 2. The average molecular weight is 334 g/mol. The van der Waals surface area contributed by atoms with Crippen molar-refractivity contribution in [2.45, 2.75) is 31.2 Å². The van der Waals surface area contributed by atoms with E-state index < -0.39 is 11.9 Å².